The highest BCUT2D eigenvalue weighted by atomic mass is 32.1. The zero-order chi connectivity index (χ0) is 19.6. The van der Waals surface area contributed by atoms with Gasteiger partial charge < -0.3 is 19.5 Å². The third kappa shape index (κ3) is 4.03. The second-order valence-electron chi connectivity index (χ2n) is 6.65. The normalized spacial score (nSPS) is 15.3. The van der Waals surface area contributed by atoms with Crippen molar-refractivity contribution in [2.45, 2.75) is 32.8 Å². The molecule has 0 radical (unpaired) electrons. The Morgan fingerprint density at radius 1 is 1.26 bits per heavy atom. The monoisotopic (exact) mass is 393 g/mol. The van der Waals surface area contributed by atoms with Crippen LogP contribution in [0.3, 0.4) is 0 Å². The van der Waals surface area contributed by atoms with Crippen LogP contribution in [0.2, 0.25) is 0 Å². The summed E-state index contributed by atoms with van der Waals surface area (Å²) in [7, 11) is 3.12. The molecule has 2 aromatic rings. The lowest BCUT2D eigenvalue weighted by Crippen LogP contribution is -2.38. The SMILES string of the molecule is COCc1nc(OC)c2c(C)c(C(=O)N3CCC(CC(=O)O)CC3)sc2n1. The number of aryl methyl sites for hydroxylation is 1. The van der Waals surface area contributed by atoms with Crippen molar-refractivity contribution in [2.24, 2.45) is 5.92 Å². The lowest BCUT2D eigenvalue weighted by molar-refractivity contribution is -0.138. The van der Waals surface area contributed by atoms with Crippen molar-refractivity contribution in [3.63, 3.8) is 0 Å². The minimum absolute atomic E-state index is 0.0420. The van der Waals surface area contributed by atoms with Gasteiger partial charge in [-0.25, -0.2) is 4.98 Å². The van der Waals surface area contributed by atoms with Gasteiger partial charge in [-0.15, -0.1) is 11.3 Å². The van der Waals surface area contributed by atoms with Gasteiger partial charge in [0.2, 0.25) is 5.88 Å². The molecule has 27 heavy (non-hydrogen) atoms. The van der Waals surface area contributed by atoms with E-state index in [1.807, 2.05) is 6.92 Å². The van der Waals surface area contributed by atoms with Crippen molar-refractivity contribution in [3.05, 3.63) is 16.3 Å². The number of carboxylic acid groups (broad SMARTS) is 1. The van der Waals surface area contributed by atoms with Crippen molar-refractivity contribution >= 4 is 33.4 Å². The number of likely N-dealkylation sites (tertiary alicyclic amines) is 1. The van der Waals surface area contributed by atoms with Gasteiger partial charge in [-0.3, -0.25) is 9.59 Å². The number of carbonyl (C=O) groups is 2. The number of carbonyl (C=O) groups excluding carboxylic acids is 1. The maximum Gasteiger partial charge on any atom is 0.303 e. The maximum absolute atomic E-state index is 13.0. The predicted octanol–water partition coefficient (Wildman–Crippen LogP) is 2.48. The van der Waals surface area contributed by atoms with Gasteiger partial charge >= 0.3 is 5.97 Å². The van der Waals surface area contributed by atoms with E-state index in [1.165, 1.54) is 11.3 Å². The number of amides is 1. The number of hydrogen-bond acceptors (Lipinski definition) is 7. The Hall–Kier alpha value is -2.26. The molecule has 1 aliphatic heterocycles. The quantitative estimate of drug-likeness (QED) is 0.804. The summed E-state index contributed by atoms with van der Waals surface area (Å²) in [5.41, 5.74) is 0.813. The molecule has 0 bridgehead atoms. The zero-order valence-electron chi connectivity index (χ0n) is 15.7. The summed E-state index contributed by atoms with van der Waals surface area (Å²) in [6.07, 6.45) is 1.59. The highest BCUT2D eigenvalue weighted by molar-refractivity contribution is 7.20. The molecule has 3 rings (SSSR count). The minimum Gasteiger partial charge on any atom is -0.481 e. The number of piperidine rings is 1. The number of thiophene rings is 1. The van der Waals surface area contributed by atoms with Crippen molar-refractivity contribution in [1.82, 2.24) is 14.9 Å². The molecule has 0 spiro atoms. The van der Waals surface area contributed by atoms with Crippen LogP contribution in [0, 0.1) is 12.8 Å². The fourth-order valence-corrected chi connectivity index (χ4v) is 4.58. The largest absolute Gasteiger partial charge is 0.481 e. The number of nitrogens with zero attached hydrogens (tertiary/aromatic N) is 3. The lowest BCUT2D eigenvalue weighted by atomic mass is 9.93. The Kier molecular flexibility index (Phi) is 5.91. The van der Waals surface area contributed by atoms with Crippen LogP contribution in [-0.4, -0.2) is 59.2 Å². The average molecular weight is 393 g/mol. The molecule has 2 aromatic heterocycles. The molecule has 1 N–H and O–H groups in total. The molecule has 0 aromatic carbocycles. The smallest absolute Gasteiger partial charge is 0.303 e. The number of methoxy groups -OCH3 is 2. The molecule has 3 heterocycles. The van der Waals surface area contributed by atoms with Crippen LogP contribution in [0.15, 0.2) is 0 Å². The number of fused-ring (bicyclic) bond motifs is 1. The van der Waals surface area contributed by atoms with Crippen molar-refractivity contribution in [1.29, 1.82) is 0 Å². The molecule has 8 nitrogen and oxygen atoms in total. The Morgan fingerprint density at radius 2 is 1.96 bits per heavy atom. The third-order valence-electron chi connectivity index (χ3n) is 4.83. The van der Waals surface area contributed by atoms with E-state index in [2.05, 4.69) is 9.97 Å². The van der Waals surface area contributed by atoms with Crippen LogP contribution >= 0.6 is 11.3 Å². The zero-order valence-corrected chi connectivity index (χ0v) is 16.5. The van der Waals surface area contributed by atoms with Gasteiger partial charge in [-0.05, 0) is 31.2 Å². The highest BCUT2D eigenvalue weighted by Crippen LogP contribution is 2.36. The van der Waals surface area contributed by atoms with Crippen molar-refractivity contribution in [2.75, 3.05) is 27.3 Å². The first-order valence-corrected chi connectivity index (χ1v) is 9.60. The summed E-state index contributed by atoms with van der Waals surface area (Å²) in [5.74, 6) is 0.270. The van der Waals surface area contributed by atoms with E-state index in [0.29, 0.717) is 47.3 Å². The van der Waals surface area contributed by atoms with Crippen LogP contribution in [0.25, 0.3) is 10.2 Å². The van der Waals surface area contributed by atoms with Crippen molar-refractivity contribution in [3.8, 4) is 5.88 Å². The maximum atomic E-state index is 13.0. The number of ether oxygens (including phenoxy) is 2. The Balaban J connectivity index is 1.85. The van der Waals surface area contributed by atoms with Gasteiger partial charge in [0.1, 0.15) is 11.4 Å². The number of carboxylic acids is 1. The molecule has 1 aliphatic rings. The Bertz CT molecular complexity index is 858. The highest BCUT2D eigenvalue weighted by Gasteiger charge is 2.28. The second-order valence-corrected chi connectivity index (χ2v) is 7.65. The standard InChI is InChI=1S/C18H23N3O5S/c1-10-14-16(26-3)19-12(9-25-2)20-17(14)27-15(10)18(24)21-6-4-11(5-7-21)8-13(22)23/h11H,4-9H2,1-3H3,(H,22,23). The minimum atomic E-state index is -0.780. The number of rotatable bonds is 6. The van der Waals surface area contributed by atoms with E-state index < -0.39 is 5.97 Å². The molecular formula is C18H23N3O5S. The molecule has 1 fully saturated rings. The molecule has 9 heteroatoms. The summed E-state index contributed by atoms with van der Waals surface area (Å²) in [4.78, 5) is 35.9. The van der Waals surface area contributed by atoms with Crippen LogP contribution < -0.4 is 4.74 Å². The number of hydrogen-bond donors (Lipinski definition) is 1. The van der Waals surface area contributed by atoms with Gasteiger partial charge in [-0.2, -0.15) is 4.98 Å². The first kappa shape index (κ1) is 19.5. The molecule has 0 saturated carbocycles. The van der Waals surface area contributed by atoms with Gasteiger partial charge in [0, 0.05) is 26.6 Å². The molecule has 0 aliphatic carbocycles. The van der Waals surface area contributed by atoms with Gasteiger partial charge in [0.25, 0.3) is 5.91 Å². The van der Waals surface area contributed by atoms with Crippen LogP contribution in [0.1, 0.15) is 40.3 Å². The van der Waals surface area contributed by atoms with E-state index in [0.717, 1.165) is 10.9 Å². The Morgan fingerprint density at radius 3 is 2.56 bits per heavy atom. The second kappa shape index (κ2) is 8.18. The third-order valence-corrected chi connectivity index (χ3v) is 6.00. The van der Waals surface area contributed by atoms with Crippen LogP contribution in [0.4, 0.5) is 0 Å². The van der Waals surface area contributed by atoms with E-state index in [4.69, 9.17) is 14.6 Å². The van der Waals surface area contributed by atoms with Gasteiger partial charge in [0.05, 0.1) is 17.4 Å². The van der Waals surface area contributed by atoms with E-state index >= 15 is 0 Å². The van der Waals surface area contributed by atoms with Crippen LogP contribution in [0.5, 0.6) is 5.88 Å². The fourth-order valence-electron chi connectivity index (χ4n) is 3.42. The van der Waals surface area contributed by atoms with Crippen molar-refractivity contribution < 1.29 is 24.2 Å². The predicted molar refractivity (Wildman–Crippen MR) is 100 cm³/mol. The summed E-state index contributed by atoms with van der Waals surface area (Å²) >= 11 is 1.33. The summed E-state index contributed by atoms with van der Waals surface area (Å²) in [6.45, 7) is 3.29. The Labute approximate surface area is 161 Å². The molecule has 0 atom stereocenters. The first-order chi connectivity index (χ1) is 12.9. The number of aromatic nitrogens is 2. The van der Waals surface area contributed by atoms with E-state index in [9.17, 15) is 9.59 Å². The first-order valence-electron chi connectivity index (χ1n) is 8.78. The molecular weight excluding hydrogens is 370 g/mol. The summed E-state index contributed by atoms with van der Waals surface area (Å²) in [6, 6.07) is 0. The molecule has 1 saturated heterocycles. The van der Waals surface area contributed by atoms with E-state index in [-0.39, 0.29) is 24.9 Å². The van der Waals surface area contributed by atoms with E-state index in [1.54, 1.807) is 19.1 Å². The summed E-state index contributed by atoms with van der Waals surface area (Å²) in [5, 5.41) is 9.69. The molecule has 0 unspecified atom stereocenters. The molecule has 146 valence electrons. The van der Waals surface area contributed by atoms with Gasteiger partial charge in [-0.1, -0.05) is 0 Å². The van der Waals surface area contributed by atoms with Crippen LogP contribution in [-0.2, 0) is 16.1 Å². The summed E-state index contributed by atoms with van der Waals surface area (Å²) < 4.78 is 10.5. The average Bonchev–Trinajstić information content (AvgIpc) is 2.97. The topological polar surface area (TPSA) is 102 Å². The fraction of sp³-hybridized carbons (Fsp3) is 0.556. The number of aliphatic carboxylic acids is 1. The van der Waals surface area contributed by atoms with Gasteiger partial charge in [0.15, 0.2) is 5.82 Å². The lowest BCUT2D eigenvalue weighted by Gasteiger charge is -2.31. The molecule has 1 amide bonds.